The van der Waals surface area contributed by atoms with E-state index in [0.717, 1.165) is 35.5 Å². The fraction of sp³-hybridized carbons (Fsp3) is 0.233. The van der Waals surface area contributed by atoms with Crippen LogP contribution < -0.4 is 15.2 Å². The van der Waals surface area contributed by atoms with Gasteiger partial charge in [-0.3, -0.25) is 4.57 Å². The molecule has 3 aromatic carbocycles. The Bertz CT molecular complexity index is 1840. The van der Waals surface area contributed by atoms with Crippen LogP contribution >= 0.6 is 11.6 Å². The molecule has 0 aliphatic carbocycles. The lowest BCUT2D eigenvalue weighted by molar-refractivity contribution is -0.189. The largest absolute Gasteiger partial charge is 0.480 e. The predicted molar refractivity (Wildman–Crippen MR) is 151 cm³/mol. The smallest absolute Gasteiger partial charge is 0.425 e. The van der Waals surface area contributed by atoms with Crippen LogP contribution in [0.2, 0.25) is 5.02 Å². The zero-order valence-corrected chi connectivity index (χ0v) is 24.0. The van der Waals surface area contributed by atoms with Gasteiger partial charge in [-0.25, -0.2) is 18.6 Å². The van der Waals surface area contributed by atoms with Gasteiger partial charge in [-0.2, -0.15) is 17.9 Å². The fourth-order valence-electron chi connectivity index (χ4n) is 4.35. The van der Waals surface area contributed by atoms with E-state index in [1.807, 2.05) is 30.3 Å². The van der Waals surface area contributed by atoms with Gasteiger partial charge in [0.1, 0.15) is 18.2 Å². The van der Waals surface area contributed by atoms with Gasteiger partial charge < -0.3 is 14.2 Å². The minimum atomic E-state index is -4.82. The molecular formula is C30H24ClF5N4O4. The van der Waals surface area contributed by atoms with Crippen molar-refractivity contribution in [3.05, 3.63) is 105 Å². The van der Waals surface area contributed by atoms with Crippen LogP contribution in [0, 0.1) is 11.6 Å². The number of pyridine rings is 1. The fourth-order valence-corrected chi connectivity index (χ4v) is 4.55. The molecule has 2 aromatic heterocycles. The Balaban J connectivity index is 1.62. The van der Waals surface area contributed by atoms with Crippen LogP contribution in [0.15, 0.2) is 71.7 Å². The Morgan fingerprint density at radius 3 is 2.43 bits per heavy atom. The van der Waals surface area contributed by atoms with E-state index in [9.17, 15) is 22.4 Å². The first-order valence-electron chi connectivity index (χ1n) is 13.3. The maximum absolute atomic E-state index is 15.3. The molecule has 0 radical (unpaired) electrons. The molecule has 0 aliphatic heterocycles. The lowest BCUT2D eigenvalue weighted by Gasteiger charge is -2.20. The van der Waals surface area contributed by atoms with Gasteiger partial charge in [0, 0.05) is 18.0 Å². The van der Waals surface area contributed by atoms with Crippen molar-refractivity contribution >= 4 is 22.4 Å². The third-order valence-corrected chi connectivity index (χ3v) is 6.88. The number of nitrogens with zero attached hydrogens (tertiary/aromatic N) is 4. The average Bonchev–Trinajstić information content (AvgIpc) is 3.31. The molecule has 1 atom stereocenters. The Hall–Kier alpha value is -4.49. The van der Waals surface area contributed by atoms with Crippen molar-refractivity contribution in [1.82, 2.24) is 19.3 Å². The summed E-state index contributed by atoms with van der Waals surface area (Å²) in [6.07, 6.45) is -6.45. The van der Waals surface area contributed by atoms with E-state index in [1.165, 1.54) is 22.8 Å². The highest BCUT2D eigenvalue weighted by Crippen LogP contribution is 2.41. The van der Waals surface area contributed by atoms with Crippen molar-refractivity contribution < 1.29 is 36.2 Å². The molecule has 1 unspecified atom stereocenters. The van der Waals surface area contributed by atoms with Crippen molar-refractivity contribution in [3.8, 4) is 23.1 Å². The number of alkyl halides is 3. The van der Waals surface area contributed by atoms with Crippen LogP contribution in [-0.4, -0.2) is 31.6 Å². The van der Waals surface area contributed by atoms with E-state index in [4.69, 9.17) is 25.8 Å². The first-order chi connectivity index (χ1) is 21.0. The van der Waals surface area contributed by atoms with Gasteiger partial charge in [0.05, 0.1) is 28.9 Å². The molecule has 0 N–H and O–H groups in total. The lowest BCUT2D eigenvalue weighted by Crippen LogP contribution is -2.31. The second-order valence-electron chi connectivity index (χ2n) is 9.57. The Morgan fingerprint density at radius 1 is 1.00 bits per heavy atom. The van der Waals surface area contributed by atoms with E-state index < -0.39 is 47.0 Å². The van der Waals surface area contributed by atoms with Gasteiger partial charge in [-0.05, 0) is 37.6 Å². The summed E-state index contributed by atoms with van der Waals surface area (Å²) < 4.78 is 89.3. The topological polar surface area (TPSA) is 80.4 Å². The summed E-state index contributed by atoms with van der Waals surface area (Å²) in [5.41, 5.74) is 0.138. The molecule has 230 valence electrons. The maximum atomic E-state index is 15.3. The van der Waals surface area contributed by atoms with E-state index in [2.05, 4.69) is 10.1 Å². The molecule has 0 aliphatic rings. The number of benzene rings is 3. The Kier molecular flexibility index (Phi) is 8.88. The molecule has 44 heavy (non-hydrogen) atoms. The van der Waals surface area contributed by atoms with E-state index in [0.29, 0.717) is 0 Å². The first kappa shape index (κ1) is 31.0. The third kappa shape index (κ3) is 6.38. The Labute approximate surface area is 252 Å². The van der Waals surface area contributed by atoms with Crippen LogP contribution in [0.4, 0.5) is 22.0 Å². The minimum Gasteiger partial charge on any atom is -0.480 e. The van der Waals surface area contributed by atoms with Gasteiger partial charge in [0.25, 0.3) is 0 Å². The molecule has 0 bridgehead atoms. The van der Waals surface area contributed by atoms with Crippen molar-refractivity contribution in [2.75, 3.05) is 0 Å². The lowest BCUT2D eigenvalue weighted by atomic mass is 10.1. The van der Waals surface area contributed by atoms with Gasteiger partial charge in [-0.15, -0.1) is 5.10 Å². The second kappa shape index (κ2) is 12.6. The number of para-hydroxylation sites is 1. The van der Waals surface area contributed by atoms with E-state index in [1.54, 1.807) is 6.92 Å². The second-order valence-corrected chi connectivity index (χ2v) is 9.97. The maximum Gasteiger partial charge on any atom is 0.425 e. The standard InChI is InChI=1S/C30H24ClF5N4O4/c1-3-39-25(16-42-15-18-8-5-4-6-9-18)38-40(29(39)41)19-12-20-23(33)14-37-28(44-27-21(31)10-7-11-22(27)32)26(20)24(13-19)43-17(2)30(34,35)36/h4-14,17H,3,15-16H2,1-2H3. The first-order valence-corrected chi connectivity index (χ1v) is 13.6. The van der Waals surface area contributed by atoms with Crippen molar-refractivity contribution in [2.24, 2.45) is 0 Å². The molecule has 0 saturated carbocycles. The molecule has 14 heteroatoms. The van der Waals surface area contributed by atoms with Crippen LogP contribution in [0.5, 0.6) is 17.4 Å². The number of rotatable bonds is 10. The molecule has 0 saturated heterocycles. The molecule has 5 rings (SSSR count). The normalized spacial score (nSPS) is 12.5. The summed E-state index contributed by atoms with van der Waals surface area (Å²) in [5, 5.41) is 3.49. The number of hydrogen-bond donors (Lipinski definition) is 0. The number of halogens is 6. The van der Waals surface area contributed by atoms with Gasteiger partial charge in [-0.1, -0.05) is 48.0 Å². The summed E-state index contributed by atoms with van der Waals surface area (Å²) in [7, 11) is 0. The molecule has 0 amide bonds. The summed E-state index contributed by atoms with van der Waals surface area (Å²) in [4.78, 5) is 17.2. The highest BCUT2D eigenvalue weighted by molar-refractivity contribution is 6.32. The molecule has 5 aromatic rings. The summed E-state index contributed by atoms with van der Waals surface area (Å²) in [6, 6.07) is 15.2. The summed E-state index contributed by atoms with van der Waals surface area (Å²) >= 11 is 6.06. The highest BCUT2D eigenvalue weighted by atomic mass is 35.5. The number of aromatic nitrogens is 4. The minimum absolute atomic E-state index is 0.0628. The molecule has 0 fully saturated rings. The van der Waals surface area contributed by atoms with Gasteiger partial charge in [0.15, 0.2) is 23.5 Å². The van der Waals surface area contributed by atoms with Crippen molar-refractivity contribution in [3.63, 3.8) is 0 Å². The summed E-state index contributed by atoms with van der Waals surface area (Å²) in [5.74, 6) is -3.15. The zero-order valence-electron chi connectivity index (χ0n) is 23.2. The molecule has 0 spiro atoms. The van der Waals surface area contributed by atoms with Gasteiger partial charge in [0.2, 0.25) is 5.88 Å². The highest BCUT2D eigenvalue weighted by Gasteiger charge is 2.39. The van der Waals surface area contributed by atoms with Crippen molar-refractivity contribution in [2.45, 2.75) is 45.9 Å². The van der Waals surface area contributed by atoms with Crippen molar-refractivity contribution in [1.29, 1.82) is 0 Å². The molecule has 2 heterocycles. The quantitative estimate of drug-likeness (QED) is 0.149. The Morgan fingerprint density at radius 2 is 1.75 bits per heavy atom. The SMILES string of the molecule is CCn1c(COCc2ccccc2)nn(-c2cc(OC(C)C(F)(F)F)c3c(Oc4c(F)cccc4Cl)ncc(F)c3c2)c1=O. The average molecular weight is 635 g/mol. The van der Waals surface area contributed by atoms with Crippen LogP contribution in [-0.2, 0) is 24.5 Å². The van der Waals surface area contributed by atoms with Crippen LogP contribution in [0.3, 0.4) is 0 Å². The predicted octanol–water partition coefficient (Wildman–Crippen LogP) is 7.37. The molecule has 8 nitrogen and oxygen atoms in total. The summed E-state index contributed by atoms with van der Waals surface area (Å²) in [6.45, 7) is 2.83. The van der Waals surface area contributed by atoms with E-state index >= 15 is 4.39 Å². The third-order valence-electron chi connectivity index (χ3n) is 6.58. The van der Waals surface area contributed by atoms with Crippen LogP contribution in [0.25, 0.3) is 16.5 Å². The number of ether oxygens (including phenoxy) is 3. The van der Waals surface area contributed by atoms with Crippen LogP contribution in [0.1, 0.15) is 25.2 Å². The zero-order chi connectivity index (χ0) is 31.6. The monoisotopic (exact) mass is 634 g/mol. The van der Waals surface area contributed by atoms with Gasteiger partial charge >= 0.3 is 11.9 Å². The number of hydrogen-bond acceptors (Lipinski definition) is 6. The molecular weight excluding hydrogens is 611 g/mol. The van der Waals surface area contributed by atoms with E-state index in [-0.39, 0.29) is 47.1 Å². The number of fused-ring (bicyclic) bond motifs is 1.